The van der Waals surface area contributed by atoms with Crippen molar-refractivity contribution in [2.24, 2.45) is 5.92 Å². The van der Waals surface area contributed by atoms with E-state index in [0.717, 1.165) is 0 Å². The van der Waals surface area contributed by atoms with E-state index in [1.54, 1.807) is 23.1 Å². The van der Waals surface area contributed by atoms with Crippen LogP contribution in [0, 0.1) is 11.7 Å². The molecule has 2 aliphatic rings. The Labute approximate surface area is 116 Å². The molecule has 0 spiro atoms. The summed E-state index contributed by atoms with van der Waals surface area (Å²) in [6, 6.07) is 6.36. The molecule has 4 nitrogen and oxygen atoms in total. The van der Waals surface area contributed by atoms with Crippen LogP contribution in [0.25, 0.3) is 0 Å². The summed E-state index contributed by atoms with van der Waals surface area (Å²) in [5.74, 6) is -1.83. The van der Waals surface area contributed by atoms with Crippen molar-refractivity contribution in [2.75, 3.05) is 13.1 Å². The molecule has 20 heavy (non-hydrogen) atoms. The summed E-state index contributed by atoms with van der Waals surface area (Å²) in [5, 5.41) is 8.99. The molecule has 1 aromatic carbocycles. The quantitative estimate of drug-likeness (QED) is 0.916. The van der Waals surface area contributed by atoms with Gasteiger partial charge in [0.1, 0.15) is 5.82 Å². The van der Waals surface area contributed by atoms with E-state index in [2.05, 4.69) is 0 Å². The molecule has 1 saturated carbocycles. The molecule has 1 amide bonds. The van der Waals surface area contributed by atoms with Gasteiger partial charge in [-0.1, -0.05) is 18.2 Å². The average Bonchev–Trinajstić information content (AvgIpc) is 3.07. The highest BCUT2D eigenvalue weighted by Gasteiger charge is 2.55. The maximum atomic E-state index is 13.9. The SMILES string of the molecule is O=C(O)C1CCN(C(=O)C2(c3ccccc3F)CC2)C1. The molecule has 1 N–H and O–H groups in total. The van der Waals surface area contributed by atoms with Crippen LogP contribution < -0.4 is 0 Å². The minimum atomic E-state index is -0.865. The molecule has 0 aromatic heterocycles. The standard InChI is InChI=1S/C15H16FNO3/c16-12-4-2-1-3-11(12)15(6-7-15)14(20)17-8-5-10(9-17)13(18)19/h1-4,10H,5-9H2,(H,18,19). The largest absolute Gasteiger partial charge is 0.481 e. The smallest absolute Gasteiger partial charge is 0.308 e. The molecular formula is C15H16FNO3. The zero-order chi connectivity index (χ0) is 14.3. The van der Waals surface area contributed by atoms with E-state index in [-0.39, 0.29) is 18.3 Å². The van der Waals surface area contributed by atoms with Crippen LogP contribution in [0.15, 0.2) is 24.3 Å². The molecule has 1 aliphatic heterocycles. The molecule has 2 fully saturated rings. The van der Waals surface area contributed by atoms with Crippen LogP contribution in [0.2, 0.25) is 0 Å². The summed E-state index contributed by atoms with van der Waals surface area (Å²) < 4.78 is 13.9. The second-order valence-electron chi connectivity index (χ2n) is 5.64. The summed E-state index contributed by atoms with van der Waals surface area (Å²) in [6.45, 7) is 0.691. The fourth-order valence-corrected chi connectivity index (χ4v) is 3.02. The van der Waals surface area contributed by atoms with Gasteiger partial charge in [-0.05, 0) is 25.3 Å². The number of rotatable bonds is 3. The van der Waals surface area contributed by atoms with E-state index < -0.39 is 17.3 Å². The Kier molecular flexibility index (Phi) is 3.00. The van der Waals surface area contributed by atoms with E-state index >= 15 is 0 Å². The third kappa shape index (κ3) is 1.97. The lowest BCUT2D eigenvalue weighted by Gasteiger charge is -2.23. The van der Waals surface area contributed by atoms with Crippen LogP contribution in [0.3, 0.4) is 0 Å². The number of amides is 1. The van der Waals surface area contributed by atoms with Crippen molar-refractivity contribution in [1.82, 2.24) is 4.90 Å². The predicted molar refractivity (Wildman–Crippen MR) is 69.6 cm³/mol. The molecule has 3 rings (SSSR count). The Hall–Kier alpha value is -1.91. The fraction of sp³-hybridized carbons (Fsp3) is 0.467. The summed E-state index contributed by atoms with van der Waals surface area (Å²) in [6.07, 6.45) is 1.76. The van der Waals surface area contributed by atoms with E-state index in [0.29, 0.717) is 31.4 Å². The van der Waals surface area contributed by atoms with Gasteiger partial charge in [0, 0.05) is 18.7 Å². The molecule has 1 atom stereocenters. The lowest BCUT2D eigenvalue weighted by molar-refractivity contribution is -0.141. The first-order valence-corrected chi connectivity index (χ1v) is 6.82. The van der Waals surface area contributed by atoms with Crippen molar-refractivity contribution in [1.29, 1.82) is 0 Å². The van der Waals surface area contributed by atoms with Gasteiger partial charge in [0.15, 0.2) is 0 Å². The molecule has 106 valence electrons. The fourth-order valence-electron chi connectivity index (χ4n) is 3.02. The zero-order valence-corrected chi connectivity index (χ0v) is 11.0. The van der Waals surface area contributed by atoms with Gasteiger partial charge in [-0.2, -0.15) is 0 Å². The second-order valence-corrected chi connectivity index (χ2v) is 5.64. The van der Waals surface area contributed by atoms with E-state index in [9.17, 15) is 14.0 Å². The van der Waals surface area contributed by atoms with Crippen molar-refractivity contribution in [2.45, 2.75) is 24.7 Å². The summed E-state index contributed by atoms with van der Waals surface area (Å²) in [4.78, 5) is 25.2. The first-order chi connectivity index (χ1) is 9.54. The highest BCUT2D eigenvalue weighted by atomic mass is 19.1. The van der Waals surface area contributed by atoms with Gasteiger partial charge in [-0.15, -0.1) is 0 Å². The van der Waals surface area contributed by atoms with Crippen molar-refractivity contribution in [3.05, 3.63) is 35.6 Å². The minimum Gasteiger partial charge on any atom is -0.481 e. The maximum absolute atomic E-state index is 13.9. The van der Waals surface area contributed by atoms with Gasteiger partial charge in [0.2, 0.25) is 5.91 Å². The number of carbonyl (C=O) groups excluding carboxylic acids is 1. The normalized spacial score (nSPS) is 23.6. The van der Waals surface area contributed by atoms with Gasteiger partial charge in [0.25, 0.3) is 0 Å². The molecular weight excluding hydrogens is 261 g/mol. The second kappa shape index (κ2) is 4.58. The third-order valence-corrected chi connectivity index (χ3v) is 4.37. The number of hydrogen-bond donors (Lipinski definition) is 1. The molecule has 1 unspecified atom stereocenters. The van der Waals surface area contributed by atoms with E-state index in [1.807, 2.05) is 0 Å². The zero-order valence-electron chi connectivity index (χ0n) is 11.0. The number of hydrogen-bond acceptors (Lipinski definition) is 2. The number of likely N-dealkylation sites (tertiary alicyclic amines) is 1. The molecule has 1 aromatic rings. The van der Waals surface area contributed by atoms with E-state index in [1.165, 1.54) is 6.07 Å². The number of halogens is 1. The van der Waals surface area contributed by atoms with Crippen molar-refractivity contribution >= 4 is 11.9 Å². The number of nitrogens with zero attached hydrogens (tertiary/aromatic N) is 1. The summed E-state index contributed by atoms with van der Waals surface area (Å²) >= 11 is 0. The summed E-state index contributed by atoms with van der Waals surface area (Å²) in [5.41, 5.74) is -0.303. The van der Waals surface area contributed by atoms with E-state index in [4.69, 9.17) is 5.11 Å². The molecule has 1 saturated heterocycles. The average molecular weight is 277 g/mol. The molecule has 1 aliphatic carbocycles. The van der Waals surface area contributed by atoms with Crippen LogP contribution >= 0.6 is 0 Å². The van der Waals surface area contributed by atoms with Crippen LogP contribution in [-0.4, -0.2) is 35.0 Å². The maximum Gasteiger partial charge on any atom is 0.308 e. The first kappa shape index (κ1) is 13.1. The van der Waals surface area contributed by atoms with Crippen molar-refractivity contribution < 1.29 is 19.1 Å². The third-order valence-electron chi connectivity index (χ3n) is 4.37. The topological polar surface area (TPSA) is 57.6 Å². The molecule has 5 heteroatoms. The van der Waals surface area contributed by atoms with Crippen molar-refractivity contribution in [3.63, 3.8) is 0 Å². The Balaban J connectivity index is 1.81. The first-order valence-electron chi connectivity index (χ1n) is 6.82. The van der Waals surface area contributed by atoms with Gasteiger partial charge >= 0.3 is 5.97 Å². The van der Waals surface area contributed by atoms with Gasteiger partial charge in [-0.3, -0.25) is 9.59 Å². The molecule has 1 heterocycles. The van der Waals surface area contributed by atoms with Crippen molar-refractivity contribution in [3.8, 4) is 0 Å². The number of benzene rings is 1. The van der Waals surface area contributed by atoms with Gasteiger partial charge < -0.3 is 10.0 Å². The molecule has 0 radical (unpaired) electrons. The highest BCUT2D eigenvalue weighted by Crippen LogP contribution is 2.50. The Morgan fingerprint density at radius 1 is 1.30 bits per heavy atom. The number of carbonyl (C=O) groups is 2. The number of aliphatic carboxylic acids is 1. The lowest BCUT2D eigenvalue weighted by atomic mass is 9.94. The van der Waals surface area contributed by atoms with Crippen LogP contribution in [-0.2, 0) is 15.0 Å². The van der Waals surface area contributed by atoms with Crippen LogP contribution in [0.1, 0.15) is 24.8 Å². The predicted octanol–water partition coefficient (Wildman–Crippen LogP) is 1.79. The summed E-state index contributed by atoms with van der Waals surface area (Å²) in [7, 11) is 0. The van der Waals surface area contributed by atoms with Crippen LogP contribution in [0.4, 0.5) is 4.39 Å². The van der Waals surface area contributed by atoms with Crippen LogP contribution in [0.5, 0.6) is 0 Å². The Bertz CT molecular complexity index is 568. The Morgan fingerprint density at radius 3 is 2.55 bits per heavy atom. The highest BCUT2D eigenvalue weighted by molar-refractivity contribution is 5.92. The Morgan fingerprint density at radius 2 is 2.00 bits per heavy atom. The number of carboxylic acids is 1. The number of carboxylic acid groups (broad SMARTS) is 1. The monoisotopic (exact) mass is 277 g/mol. The molecule has 0 bridgehead atoms. The van der Waals surface area contributed by atoms with Gasteiger partial charge in [-0.25, -0.2) is 4.39 Å². The lowest BCUT2D eigenvalue weighted by Crippen LogP contribution is -2.38. The van der Waals surface area contributed by atoms with Gasteiger partial charge in [0.05, 0.1) is 11.3 Å². The minimum absolute atomic E-state index is 0.119.